The molecule has 15 heavy (non-hydrogen) atoms. The fourth-order valence-electron chi connectivity index (χ4n) is 1.17. The molecule has 0 atom stereocenters. The van der Waals surface area contributed by atoms with E-state index < -0.39 is 0 Å². The highest BCUT2D eigenvalue weighted by atomic mass is 16.5. The van der Waals surface area contributed by atoms with Gasteiger partial charge in [0.25, 0.3) is 0 Å². The lowest BCUT2D eigenvalue weighted by Crippen LogP contribution is -1.97. The summed E-state index contributed by atoms with van der Waals surface area (Å²) in [6.07, 6.45) is 2.39. The minimum absolute atomic E-state index is 0.619. The predicted octanol–water partition coefficient (Wildman–Crippen LogP) is 3.55. The minimum atomic E-state index is 0.619. The van der Waals surface area contributed by atoms with Crippen LogP contribution in [0.15, 0.2) is 49.3 Å². The highest BCUT2D eigenvalue weighted by Gasteiger charge is 2.04. The van der Waals surface area contributed by atoms with Gasteiger partial charge >= 0.3 is 0 Å². The van der Waals surface area contributed by atoms with Crippen LogP contribution in [0, 0.1) is 0 Å². The van der Waals surface area contributed by atoms with Crippen LogP contribution in [0.5, 0.6) is 11.5 Å². The molecule has 0 aromatic heterocycles. The third kappa shape index (κ3) is 3.50. The molecule has 80 valence electrons. The number of ether oxygens (including phenoxy) is 2. The SMILES string of the molecule is C=CCC(=C)Oc1ccccc1OCC. The zero-order chi connectivity index (χ0) is 11.1. The van der Waals surface area contributed by atoms with E-state index in [9.17, 15) is 0 Å². The van der Waals surface area contributed by atoms with E-state index in [1.807, 2.05) is 31.2 Å². The van der Waals surface area contributed by atoms with Gasteiger partial charge in [0, 0.05) is 6.42 Å². The fourth-order valence-corrected chi connectivity index (χ4v) is 1.17. The topological polar surface area (TPSA) is 18.5 Å². The standard InChI is InChI=1S/C13H16O2/c1-4-8-11(3)15-13-10-7-6-9-12(13)14-5-2/h4,6-7,9-10H,1,3,5,8H2,2H3. The van der Waals surface area contributed by atoms with Gasteiger partial charge in [-0.3, -0.25) is 0 Å². The van der Waals surface area contributed by atoms with Crippen LogP contribution in [0.3, 0.4) is 0 Å². The quantitative estimate of drug-likeness (QED) is 0.521. The predicted molar refractivity (Wildman–Crippen MR) is 62.2 cm³/mol. The van der Waals surface area contributed by atoms with Crippen LogP contribution in [0.1, 0.15) is 13.3 Å². The van der Waals surface area contributed by atoms with Gasteiger partial charge in [0.2, 0.25) is 0 Å². The van der Waals surface area contributed by atoms with Crippen molar-refractivity contribution in [3.63, 3.8) is 0 Å². The maximum absolute atomic E-state index is 5.55. The van der Waals surface area contributed by atoms with Gasteiger partial charge in [-0.05, 0) is 19.1 Å². The largest absolute Gasteiger partial charge is 0.490 e. The van der Waals surface area contributed by atoms with E-state index in [4.69, 9.17) is 9.47 Å². The van der Waals surface area contributed by atoms with Crippen LogP contribution < -0.4 is 9.47 Å². The van der Waals surface area contributed by atoms with E-state index in [-0.39, 0.29) is 0 Å². The summed E-state index contributed by atoms with van der Waals surface area (Å²) in [6, 6.07) is 7.55. The molecule has 0 spiro atoms. The lowest BCUT2D eigenvalue weighted by Gasteiger charge is -2.11. The van der Waals surface area contributed by atoms with E-state index in [1.165, 1.54) is 0 Å². The fraction of sp³-hybridized carbons (Fsp3) is 0.231. The third-order valence-electron chi connectivity index (χ3n) is 1.78. The zero-order valence-corrected chi connectivity index (χ0v) is 9.03. The zero-order valence-electron chi connectivity index (χ0n) is 9.03. The molecule has 0 amide bonds. The molecule has 0 saturated heterocycles. The maximum Gasteiger partial charge on any atom is 0.168 e. The van der Waals surface area contributed by atoms with Crippen molar-refractivity contribution >= 4 is 0 Å². The summed E-state index contributed by atoms with van der Waals surface area (Å²) >= 11 is 0. The summed E-state index contributed by atoms with van der Waals surface area (Å²) in [6.45, 7) is 9.98. The number of rotatable bonds is 6. The van der Waals surface area contributed by atoms with Gasteiger partial charge in [-0.25, -0.2) is 0 Å². The van der Waals surface area contributed by atoms with Crippen molar-refractivity contribution in [3.8, 4) is 11.5 Å². The molecule has 1 aromatic rings. The van der Waals surface area contributed by atoms with E-state index in [2.05, 4.69) is 13.2 Å². The molecule has 0 bridgehead atoms. The average molecular weight is 204 g/mol. The molecule has 0 radical (unpaired) electrons. The van der Waals surface area contributed by atoms with Crippen LogP contribution in [0.4, 0.5) is 0 Å². The normalized spacial score (nSPS) is 9.40. The number of hydrogen-bond acceptors (Lipinski definition) is 2. The smallest absolute Gasteiger partial charge is 0.168 e. The molecule has 0 aliphatic carbocycles. The Labute approximate surface area is 90.8 Å². The van der Waals surface area contributed by atoms with Crippen molar-refractivity contribution in [3.05, 3.63) is 49.3 Å². The molecule has 0 N–H and O–H groups in total. The van der Waals surface area contributed by atoms with Crippen molar-refractivity contribution < 1.29 is 9.47 Å². The maximum atomic E-state index is 5.55. The van der Waals surface area contributed by atoms with E-state index in [0.717, 1.165) is 5.75 Å². The molecule has 0 aliphatic rings. The highest BCUT2D eigenvalue weighted by Crippen LogP contribution is 2.28. The van der Waals surface area contributed by atoms with Crippen LogP contribution in [0.2, 0.25) is 0 Å². The average Bonchev–Trinajstić information content (AvgIpc) is 2.21. The highest BCUT2D eigenvalue weighted by molar-refractivity contribution is 5.40. The van der Waals surface area contributed by atoms with Gasteiger partial charge in [0.15, 0.2) is 11.5 Å². The summed E-state index contributed by atoms with van der Waals surface area (Å²) < 4.78 is 11.0. The minimum Gasteiger partial charge on any atom is -0.490 e. The second kappa shape index (κ2) is 5.91. The van der Waals surface area contributed by atoms with Crippen LogP contribution in [0.25, 0.3) is 0 Å². The summed E-state index contributed by atoms with van der Waals surface area (Å²) in [5.74, 6) is 2.11. The van der Waals surface area contributed by atoms with Gasteiger partial charge < -0.3 is 9.47 Å². The summed E-state index contributed by atoms with van der Waals surface area (Å²) in [7, 11) is 0. The van der Waals surface area contributed by atoms with Crippen LogP contribution in [-0.4, -0.2) is 6.61 Å². The van der Waals surface area contributed by atoms with Crippen LogP contribution in [-0.2, 0) is 0 Å². The van der Waals surface area contributed by atoms with E-state index in [0.29, 0.717) is 24.5 Å². The molecule has 2 heteroatoms. The molecule has 1 aromatic carbocycles. The number of para-hydroxylation sites is 2. The Morgan fingerprint density at radius 3 is 2.60 bits per heavy atom. The Balaban J connectivity index is 2.74. The van der Waals surface area contributed by atoms with Gasteiger partial charge in [0.05, 0.1) is 6.61 Å². The van der Waals surface area contributed by atoms with Gasteiger partial charge in [-0.1, -0.05) is 24.8 Å². The second-order valence-electron chi connectivity index (χ2n) is 3.01. The van der Waals surface area contributed by atoms with Gasteiger partial charge in [-0.2, -0.15) is 0 Å². The van der Waals surface area contributed by atoms with Crippen molar-refractivity contribution in [1.29, 1.82) is 0 Å². The first-order chi connectivity index (χ1) is 7.27. The molecule has 0 heterocycles. The molecule has 0 unspecified atom stereocenters. The van der Waals surface area contributed by atoms with Gasteiger partial charge in [0.1, 0.15) is 5.76 Å². The van der Waals surface area contributed by atoms with Crippen molar-refractivity contribution in [2.45, 2.75) is 13.3 Å². The second-order valence-corrected chi connectivity index (χ2v) is 3.01. The first-order valence-corrected chi connectivity index (χ1v) is 4.96. The molecule has 2 nitrogen and oxygen atoms in total. The molecule has 0 saturated carbocycles. The Kier molecular flexibility index (Phi) is 4.48. The van der Waals surface area contributed by atoms with Crippen molar-refractivity contribution in [1.82, 2.24) is 0 Å². The number of benzene rings is 1. The first kappa shape index (κ1) is 11.4. The molecule has 0 aliphatic heterocycles. The number of allylic oxidation sites excluding steroid dienone is 1. The van der Waals surface area contributed by atoms with Gasteiger partial charge in [-0.15, -0.1) is 6.58 Å². The molecular formula is C13H16O2. The molecular weight excluding hydrogens is 188 g/mol. The Bertz CT molecular complexity index is 342. The first-order valence-electron chi connectivity index (χ1n) is 4.96. The Morgan fingerprint density at radius 1 is 1.33 bits per heavy atom. The molecule has 0 fully saturated rings. The monoisotopic (exact) mass is 204 g/mol. The van der Waals surface area contributed by atoms with E-state index in [1.54, 1.807) is 6.08 Å². The lowest BCUT2D eigenvalue weighted by molar-refractivity contribution is 0.313. The van der Waals surface area contributed by atoms with Crippen molar-refractivity contribution in [2.75, 3.05) is 6.61 Å². The summed E-state index contributed by atoms with van der Waals surface area (Å²) in [5.41, 5.74) is 0. The molecule has 1 rings (SSSR count). The van der Waals surface area contributed by atoms with Crippen LogP contribution >= 0.6 is 0 Å². The summed E-state index contributed by atoms with van der Waals surface area (Å²) in [5, 5.41) is 0. The number of hydrogen-bond donors (Lipinski definition) is 0. The summed E-state index contributed by atoms with van der Waals surface area (Å²) in [4.78, 5) is 0. The Morgan fingerprint density at radius 2 is 2.00 bits per heavy atom. The van der Waals surface area contributed by atoms with Crippen molar-refractivity contribution in [2.24, 2.45) is 0 Å². The third-order valence-corrected chi connectivity index (χ3v) is 1.78. The lowest BCUT2D eigenvalue weighted by atomic mass is 10.3. The van der Waals surface area contributed by atoms with E-state index >= 15 is 0 Å². The Hall–Kier alpha value is -1.70.